The minimum absolute atomic E-state index is 0.268. The van der Waals surface area contributed by atoms with Gasteiger partial charge in [-0.2, -0.15) is 0 Å². The fourth-order valence-electron chi connectivity index (χ4n) is 1.71. The monoisotopic (exact) mass is 294 g/mol. The van der Waals surface area contributed by atoms with E-state index >= 15 is 0 Å². The Morgan fingerprint density at radius 3 is 2.33 bits per heavy atom. The van der Waals surface area contributed by atoms with Crippen molar-refractivity contribution in [3.8, 4) is 17.2 Å². The molecule has 1 amide bonds. The number of rotatable bonds is 8. The van der Waals surface area contributed by atoms with Crippen molar-refractivity contribution in [2.75, 3.05) is 34.4 Å². The van der Waals surface area contributed by atoms with Gasteiger partial charge in [-0.1, -0.05) is 5.11 Å². The number of carbonyl (C=O) groups excluding carboxylic acids is 1. The van der Waals surface area contributed by atoms with E-state index in [1.165, 1.54) is 21.3 Å². The van der Waals surface area contributed by atoms with Crippen molar-refractivity contribution >= 4 is 5.91 Å². The standard InChI is InChI=1S/C13H18N4O4/c1-19-10-7-9(8-11(20-2)12(10)21-3)13(18)15-5-4-6-16-17-14/h7-8H,4-6H2,1-3H3,(H,15,18). The molecule has 1 rings (SSSR count). The minimum atomic E-state index is -0.268. The summed E-state index contributed by atoms with van der Waals surface area (Å²) in [6.45, 7) is 0.751. The predicted molar refractivity (Wildman–Crippen MR) is 77.1 cm³/mol. The summed E-state index contributed by atoms with van der Waals surface area (Å²) in [4.78, 5) is 14.7. The van der Waals surface area contributed by atoms with Crippen molar-refractivity contribution in [2.45, 2.75) is 6.42 Å². The van der Waals surface area contributed by atoms with Gasteiger partial charge in [-0.25, -0.2) is 0 Å². The van der Waals surface area contributed by atoms with Gasteiger partial charge in [0.1, 0.15) is 0 Å². The highest BCUT2D eigenvalue weighted by Gasteiger charge is 2.16. The molecule has 0 bridgehead atoms. The van der Waals surface area contributed by atoms with E-state index in [2.05, 4.69) is 15.3 Å². The molecule has 0 saturated carbocycles. The Kier molecular flexibility index (Phi) is 6.70. The molecule has 0 aromatic heterocycles. The lowest BCUT2D eigenvalue weighted by atomic mass is 10.1. The zero-order valence-electron chi connectivity index (χ0n) is 12.3. The lowest BCUT2D eigenvalue weighted by Gasteiger charge is -2.14. The van der Waals surface area contributed by atoms with Crippen molar-refractivity contribution in [3.63, 3.8) is 0 Å². The van der Waals surface area contributed by atoms with Crippen LogP contribution in [0.15, 0.2) is 17.2 Å². The number of nitrogens with zero attached hydrogens (tertiary/aromatic N) is 3. The minimum Gasteiger partial charge on any atom is -0.493 e. The first-order valence-corrected chi connectivity index (χ1v) is 6.27. The second-order valence-corrected chi connectivity index (χ2v) is 3.98. The van der Waals surface area contributed by atoms with Crippen molar-refractivity contribution in [1.82, 2.24) is 5.32 Å². The van der Waals surface area contributed by atoms with Gasteiger partial charge in [0.25, 0.3) is 5.91 Å². The fourth-order valence-corrected chi connectivity index (χ4v) is 1.71. The summed E-state index contributed by atoms with van der Waals surface area (Å²) >= 11 is 0. The van der Waals surface area contributed by atoms with Crippen molar-refractivity contribution in [2.24, 2.45) is 5.11 Å². The predicted octanol–water partition coefficient (Wildman–Crippen LogP) is 2.14. The maximum atomic E-state index is 12.0. The molecule has 0 atom stereocenters. The highest BCUT2D eigenvalue weighted by molar-refractivity contribution is 5.95. The maximum Gasteiger partial charge on any atom is 0.251 e. The smallest absolute Gasteiger partial charge is 0.251 e. The molecule has 1 aromatic carbocycles. The van der Waals surface area contributed by atoms with E-state index in [9.17, 15) is 4.79 Å². The number of carbonyl (C=O) groups is 1. The molecular formula is C13H18N4O4. The lowest BCUT2D eigenvalue weighted by Crippen LogP contribution is -2.25. The van der Waals surface area contributed by atoms with E-state index in [1.54, 1.807) is 12.1 Å². The van der Waals surface area contributed by atoms with Crippen LogP contribution in [0.3, 0.4) is 0 Å². The second-order valence-electron chi connectivity index (χ2n) is 3.98. The summed E-state index contributed by atoms with van der Waals surface area (Å²) < 4.78 is 15.6. The summed E-state index contributed by atoms with van der Waals surface area (Å²) in [6.07, 6.45) is 0.570. The topological polar surface area (TPSA) is 106 Å². The molecule has 0 spiro atoms. The average molecular weight is 294 g/mol. The maximum absolute atomic E-state index is 12.0. The number of hydrogen-bond acceptors (Lipinski definition) is 5. The van der Waals surface area contributed by atoms with Gasteiger partial charge < -0.3 is 19.5 Å². The molecule has 1 N–H and O–H groups in total. The molecule has 0 aliphatic rings. The number of azide groups is 1. The molecule has 8 heteroatoms. The van der Waals surface area contributed by atoms with Gasteiger partial charge in [-0.15, -0.1) is 0 Å². The molecule has 0 aliphatic heterocycles. The van der Waals surface area contributed by atoms with E-state index in [-0.39, 0.29) is 5.91 Å². The third-order valence-corrected chi connectivity index (χ3v) is 2.71. The molecular weight excluding hydrogens is 276 g/mol. The molecule has 0 aliphatic carbocycles. The Hall–Kier alpha value is -2.60. The van der Waals surface area contributed by atoms with Crippen molar-refractivity contribution in [3.05, 3.63) is 28.1 Å². The Bertz CT molecular complexity index is 516. The molecule has 114 valence electrons. The Morgan fingerprint density at radius 1 is 1.24 bits per heavy atom. The molecule has 8 nitrogen and oxygen atoms in total. The van der Waals surface area contributed by atoms with Gasteiger partial charge in [0.05, 0.1) is 21.3 Å². The number of methoxy groups -OCH3 is 3. The summed E-state index contributed by atoms with van der Waals surface area (Å²) in [7, 11) is 4.47. The van der Waals surface area contributed by atoms with Crippen LogP contribution in [0.5, 0.6) is 17.2 Å². The van der Waals surface area contributed by atoms with Gasteiger partial charge in [0.2, 0.25) is 5.75 Å². The Labute approximate surface area is 122 Å². The van der Waals surface area contributed by atoms with Gasteiger partial charge >= 0.3 is 0 Å². The summed E-state index contributed by atoms with van der Waals surface area (Å²) in [6, 6.07) is 3.15. The van der Waals surface area contributed by atoms with Crippen LogP contribution in [0, 0.1) is 0 Å². The number of amides is 1. The van der Waals surface area contributed by atoms with Crippen LogP contribution < -0.4 is 19.5 Å². The first kappa shape index (κ1) is 16.5. The summed E-state index contributed by atoms with van der Waals surface area (Å²) in [5.41, 5.74) is 8.55. The van der Waals surface area contributed by atoms with Crippen LogP contribution in [0.2, 0.25) is 0 Å². The number of ether oxygens (including phenoxy) is 3. The van der Waals surface area contributed by atoms with Crippen LogP contribution in [-0.2, 0) is 0 Å². The molecule has 0 fully saturated rings. The van der Waals surface area contributed by atoms with Gasteiger partial charge in [-0.05, 0) is 24.1 Å². The van der Waals surface area contributed by atoms with E-state index in [1.807, 2.05) is 0 Å². The molecule has 0 unspecified atom stereocenters. The van der Waals surface area contributed by atoms with E-state index in [4.69, 9.17) is 19.7 Å². The SMILES string of the molecule is COc1cc(C(=O)NCCCN=[N+]=[N-])cc(OC)c1OC. The van der Waals surface area contributed by atoms with Crippen LogP contribution in [-0.4, -0.2) is 40.3 Å². The van der Waals surface area contributed by atoms with Gasteiger partial charge in [0, 0.05) is 23.6 Å². The van der Waals surface area contributed by atoms with E-state index in [0.717, 1.165) is 0 Å². The van der Waals surface area contributed by atoms with E-state index in [0.29, 0.717) is 42.3 Å². The number of hydrogen-bond donors (Lipinski definition) is 1. The highest BCUT2D eigenvalue weighted by atomic mass is 16.5. The Balaban J connectivity index is 2.82. The molecule has 0 heterocycles. The van der Waals surface area contributed by atoms with Gasteiger partial charge in [0.15, 0.2) is 11.5 Å². The Morgan fingerprint density at radius 2 is 1.86 bits per heavy atom. The zero-order chi connectivity index (χ0) is 15.7. The fraction of sp³-hybridized carbons (Fsp3) is 0.462. The largest absolute Gasteiger partial charge is 0.493 e. The zero-order valence-corrected chi connectivity index (χ0v) is 12.3. The number of benzene rings is 1. The lowest BCUT2D eigenvalue weighted by molar-refractivity contribution is 0.0952. The quantitative estimate of drug-likeness (QED) is 0.343. The number of nitrogens with one attached hydrogen (secondary N) is 1. The van der Waals surface area contributed by atoms with Gasteiger partial charge in [-0.3, -0.25) is 4.79 Å². The third-order valence-electron chi connectivity index (χ3n) is 2.71. The van der Waals surface area contributed by atoms with E-state index < -0.39 is 0 Å². The molecule has 21 heavy (non-hydrogen) atoms. The molecule has 0 saturated heterocycles. The molecule has 0 radical (unpaired) electrons. The first-order chi connectivity index (χ1) is 10.2. The third kappa shape index (κ3) is 4.47. The highest BCUT2D eigenvalue weighted by Crippen LogP contribution is 2.38. The summed E-state index contributed by atoms with van der Waals surface area (Å²) in [5.74, 6) is 0.988. The molecule has 1 aromatic rings. The van der Waals surface area contributed by atoms with Crippen LogP contribution in [0.25, 0.3) is 10.4 Å². The van der Waals surface area contributed by atoms with Crippen LogP contribution in [0.1, 0.15) is 16.8 Å². The first-order valence-electron chi connectivity index (χ1n) is 6.27. The van der Waals surface area contributed by atoms with Crippen molar-refractivity contribution in [1.29, 1.82) is 0 Å². The van der Waals surface area contributed by atoms with Crippen LogP contribution >= 0.6 is 0 Å². The van der Waals surface area contributed by atoms with Crippen molar-refractivity contribution < 1.29 is 19.0 Å². The second kappa shape index (κ2) is 8.55. The normalized spacial score (nSPS) is 9.48. The average Bonchev–Trinajstić information content (AvgIpc) is 2.52. The summed E-state index contributed by atoms with van der Waals surface area (Å²) in [5, 5.41) is 6.12. The van der Waals surface area contributed by atoms with Crippen LogP contribution in [0.4, 0.5) is 0 Å².